The number of carbonyl (C=O) groups excluding carboxylic acids is 2. The predicted octanol–water partition coefficient (Wildman–Crippen LogP) is 2.42. The molecule has 0 unspecified atom stereocenters. The second kappa shape index (κ2) is 5.24. The van der Waals surface area contributed by atoms with Gasteiger partial charge in [-0.3, -0.25) is 10.1 Å². The lowest BCUT2D eigenvalue weighted by molar-refractivity contribution is -0.112. The number of hydrogen-bond acceptors (Lipinski definition) is 4. The number of rotatable bonds is 1. The summed E-state index contributed by atoms with van der Waals surface area (Å²) >= 11 is 0. The lowest BCUT2D eigenvalue weighted by Crippen LogP contribution is -2.32. The Morgan fingerprint density at radius 2 is 1.80 bits per heavy atom. The topological polar surface area (TPSA) is 79.5 Å². The molecule has 20 heavy (non-hydrogen) atoms. The molecule has 0 saturated heterocycles. The highest BCUT2D eigenvalue weighted by Crippen LogP contribution is 2.26. The quantitative estimate of drug-likeness (QED) is 0.688. The van der Waals surface area contributed by atoms with Gasteiger partial charge in [0.25, 0.3) is 5.91 Å². The van der Waals surface area contributed by atoms with Crippen LogP contribution in [0.3, 0.4) is 0 Å². The van der Waals surface area contributed by atoms with E-state index in [0.29, 0.717) is 5.69 Å². The highest BCUT2D eigenvalue weighted by molar-refractivity contribution is 6.11. The van der Waals surface area contributed by atoms with E-state index in [2.05, 4.69) is 16.0 Å². The molecule has 2 rings (SSSR count). The molecule has 0 aliphatic carbocycles. The number of anilines is 2. The van der Waals surface area contributed by atoms with E-state index in [1.807, 2.05) is 18.2 Å². The minimum Gasteiger partial charge on any atom is -0.444 e. The van der Waals surface area contributed by atoms with Gasteiger partial charge in [-0.2, -0.15) is 0 Å². The molecule has 0 saturated carbocycles. The van der Waals surface area contributed by atoms with Crippen molar-refractivity contribution in [2.24, 2.45) is 0 Å². The second-order valence-electron chi connectivity index (χ2n) is 5.33. The zero-order chi connectivity index (χ0) is 14.8. The fourth-order valence-corrected chi connectivity index (χ4v) is 1.63. The van der Waals surface area contributed by atoms with Crippen LogP contribution in [0.15, 0.2) is 36.2 Å². The van der Waals surface area contributed by atoms with E-state index in [1.165, 1.54) is 6.20 Å². The maximum atomic E-state index is 11.8. The van der Waals surface area contributed by atoms with Crippen LogP contribution in [0.1, 0.15) is 20.8 Å². The smallest absolute Gasteiger partial charge is 0.411 e. The SMILES string of the molecule is CC(C)(C)OC(=O)N/C=C1\Nc2ccccc2NC1=O. The first-order chi connectivity index (χ1) is 9.35. The fraction of sp³-hybridized carbons (Fsp3) is 0.286. The second-order valence-corrected chi connectivity index (χ2v) is 5.33. The maximum absolute atomic E-state index is 11.8. The molecule has 0 radical (unpaired) electrons. The lowest BCUT2D eigenvalue weighted by Gasteiger charge is -2.21. The summed E-state index contributed by atoms with van der Waals surface area (Å²) in [6, 6.07) is 7.30. The number of nitrogens with one attached hydrogen (secondary N) is 3. The standard InChI is InChI=1S/C14H17N3O3/c1-14(2,3)20-13(19)15-8-11-12(18)17-10-7-5-4-6-9(10)16-11/h4-8,16H,1-3H3,(H,15,19)(H,17,18)/b11-8-. The number of amides is 2. The van der Waals surface area contributed by atoms with Crippen molar-refractivity contribution in [3.8, 4) is 0 Å². The van der Waals surface area contributed by atoms with Crippen molar-refractivity contribution in [3.63, 3.8) is 0 Å². The van der Waals surface area contributed by atoms with E-state index >= 15 is 0 Å². The molecule has 1 aliphatic heterocycles. The van der Waals surface area contributed by atoms with Crippen molar-refractivity contribution in [1.82, 2.24) is 5.32 Å². The van der Waals surface area contributed by atoms with Crippen molar-refractivity contribution in [2.75, 3.05) is 10.6 Å². The van der Waals surface area contributed by atoms with E-state index in [0.717, 1.165) is 5.69 Å². The number of para-hydroxylation sites is 2. The summed E-state index contributed by atoms with van der Waals surface area (Å²) in [5.41, 5.74) is 1.13. The number of alkyl carbamates (subject to hydrolysis) is 1. The molecular formula is C14H17N3O3. The van der Waals surface area contributed by atoms with Crippen molar-refractivity contribution in [2.45, 2.75) is 26.4 Å². The zero-order valence-electron chi connectivity index (χ0n) is 11.6. The normalized spacial score (nSPS) is 15.9. The molecule has 1 aliphatic rings. The van der Waals surface area contributed by atoms with Gasteiger partial charge in [-0.05, 0) is 32.9 Å². The Morgan fingerprint density at radius 1 is 1.20 bits per heavy atom. The summed E-state index contributed by atoms with van der Waals surface area (Å²) in [5, 5.41) is 8.09. The van der Waals surface area contributed by atoms with Crippen LogP contribution < -0.4 is 16.0 Å². The Bertz CT molecular complexity index is 573. The van der Waals surface area contributed by atoms with Crippen molar-refractivity contribution in [3.05, 3.63) is 36.2 Å². The van der Waals surface area contributed by atoms with Gasteiger partial charge in [0.05, 0.1) is 11.4 Å². The summed E-state index contributed by atoms with van der Waals surface area (Å²) in [6.07, 6.45) is 0.678. The van der Waals surface area contributed by atoms with Crippen LogP contribution in [0.25, 0.3) is 0 Å². The Balaban J connectivity index is 2.05. The molecular weight excluding hydrogens is 258 g/mol. The number of carbonyl (C=O) groups is 2. The Labute approximate surface area is 117 Å². The van der Waals surface area contributed by atoms with Gasteiger partial charge in [-0.25, -0.2) is 4.79 Å². The summed E-state index contributed by atoms with van der Waals surface area (Å²) in [6.45, 7) is 5.30. The van der Waals surface area contributed by atoms with Gasteiger partial charge in [0.15, 0.2) is 0 Å². The summed E-state index contributed by atoms with van der Waals surface area (Å²) in [5.74, 6) is -0.320. The molecule has 0 atom stereocenters. The van der Waals surface area contributed by atoms with Crippen molar-refractivity contribution >= 4 is 23.4 Å². The van der Waals surface area contributed by atoms with Gasteiger partial charge < -0.3 is 15.4 Å². The van der Waals surface area contributed by atoms with Gasteiger partial charge in [0.2, 0.25) is 0 Å². The van der Waals surface area contributed by atoms with Crippen molar-refractivity contribution in [1.29, 1.82) is 0 Å². The summed E-state index contributed by atoms with van der Waals surface area (Å²) in [7, 11) is 0. The van der Waals surface area contributed by atoms with E-state index in [9.17, 15) is 9.59 Å². The van der Waals surface area contributed by atoms with Gasteiger partial charge in [-0.15, -0.1) is 0 Å². The minimum atomic E-state index is -0.613. The van der Waals surface area contributed by atoms with E-state index in [1.54, 1.807) is 26.8 Å². The van der Waals surface area contributed by atoms with Gasteiger partial charge in [0.1, 0.15) is 11.3 Å². The molecule has 0 spiro atoms. The van der Waals surface area contributed by atoms with Crippen LogP contribution >= 0.6 is 0 Å². The van der Waals surface area contributed by atoms with Gasteiger partial charge in [0, 0.05) is 6.20 Å². The molecule has 0 fully saturated rings. The average molecular weight is 275 g/mol. The predicted molar refractivity (Wildman–Crippen MR) is 76.1 cm³/mol. The molecule has 3 N–H and O–H groups in total. The first-order valence-corrected chi connectivity index (χ1v) is 6.22. The number of fused-ring (bicyclic) bond motifs is 1. The Hall–Kier alpha value is -2.50. The highest BCUT2D eigenvalue weighted by atomic mass is 16.6. The van der Waals surface area contributed by atoms with Crippen LogP contribution in [0.5, 0.6) is 0 Å². The lowest BCUT2D eigenvalue weighted by atomic mass is 10.2. The molecule has 0 aromatic heterocycles. The Morgan fingerprint density at radius 3 is 2.40 bits per heavy atom. The minimum absolute atomic E-state index is 0.245. The summed E-state index contributed by atoms with van der Waals surface area (Å²) in [4.78, 5) is 23.3. The monoisotopic (exact) mass is 275 g/mol. The fourth-order valence-electron chi connectivity index (χ4n) is 1.63. The first kappa shape index (κ1) is 13.9. The van der Waals surface area contributed by atoms with Crippen LogP contribution in [-0.4, -0.2) is 17.6 Å². The molecule has 0 bridgehead atoms. The largest absolute Gasteiger partial charge is 0.444 e. The van der Waals surface area contributed by atoms with Crippen LogP contribution in [0.4, 0.5) is 16.2 Å². The number of ether oxygens (including phenoxy) is 1. The molecule has 6 nitrogen and oxygen atoms in total. The third kappa shape index (κ3) is 3.50. The molecule has 6 heteroatoms. The van der Waals surface area contributed by atoms with Crippen LogP contribution in [-0.2, 0) is 9.53 Å². The van der Waals surface area contributed by atoms with Gasteiger partial charge in [-0.1, -0.05) is 12.1 Å². The van der Waals surface area contributed by atoms with Crippen molar-refractivity contribution < 1.29 is 14.3 Å². The molecule has 1 heterocycles. The maximum Gasteiger partial charge on any atom is 0.411 e. The third-order valence-corrected chi connectivity index (χ3v) is 2.42. The van der Waals surface area contributed by atoms with E-state index < -0.39 is 11.7 Å². The highest BCUT2D eigenvalue weighted by Gasteiger charge is 2.20. The third-order valence-electron chi connectivity index (χ3n) is 2.42. The first-order valence-electron chi connectivity index (χ1n) is 6.22. The number of hydrogen-bond donors (Lipinski definition) is 3. The molecule has 2 amide bonds. The molecule has 1 aromatic carbocycles. The number of benzene rings is 1. The molecule has 106 valence electrons. The zero-order valence-corrected chi connectivity index (χ0v) is 11.6. The van der Waals surface area contributed by atoms with Crippen LogP contribution in [0.2, 0.25) is 0 Å². The van der Waals surface area contributed by atoms with E-state index in [-0.39, 0.29) is 11.6 Å². The van der Waals surface area contributed by atoms with Crippen LogP contribution in [0, 0.1) is 0 Å². The average Bonchev–Trinajstić information content (AvgIpc) is 2.34. The summed E-state index contributed by atoms with van der Waals surface area (Å²) < 4.78 is 5.08. The van der Waals surface area contributed by atoms with E-state index in [4.69, 9.17) is 4.74 Å². The Kier molecular flexibility index (Phi) is 3.65. The molecule has 1 aromatic rings. The van der Waals surface area contributed by atoms with Gasteiger partial charge >= 0.3 is 6.09 Å².